The van der Waals surface area contributed by atoms with Crippen LogP contribution in [0.25, 0.3) is 0 Å². The van der Waals surface area contributed by atoms with Gasteiger partial charge in [-0.1, -0.05) is 41.9 Å². The lowest BCUT2D eigenvalue weighted by Gasteiger charge is -2.22. The zero-order valence-corrected chi connectivity index (χ0v) is 14.5. The highest BCUT2D eigenvalue weighted by Gasteiger charge is 2.30. The minimum absolute atomic E-state index is 0.0444. The number of anilines is 1. The van der Waals surface area contributed by atoms with Crippen molar-refractivity contribution in [2.24, 2.45) is 0 Å². The Bertz CT molecular complexity index is 792. The van der Waals surface area contributed by atoms with Crippen molar-refractivity contribution < 1.29 is 19.1 Å². The number of esters is 1. The molecule has 1 atom stereocenters. The first-order valence-corrected chi connectivity index (χ1v) is 8.37. The molecule has 2 aromatic rings. The number of amides is 1. The van der Waals surface area contributed by atoms with E-state index in [4.69, 9.17) is 21.1 Å². The minimum atomic E-state index is -0.617. The van der Waals surface area contributed by atoms with E-state index in [0.29, 0.717) is 10.8 Å². The van der Waals surface area contributed by atoms with E-state index < -0.39 is 5.97 Å². The predicted octanol–water partition coefficient (Wildman–Crippen LogP) is 3.24. The van der Waals surface area contributed by atoms with E-state index in [1.807, 2.05) is 31.2 Å². The Morgan fingerprint density at radius 3 is 2.64 bits per heavy atom. The fourth-order valence-corrected chi connectivity index (χ4v) is 3.09. The Morgan fingerprint density at radius 2 is 1.84 bits per heavy atom. The molecule has 0 fully saturated rings. The zero-order valence-electron chi connectivity index (χ0n) is 13.8. The molecule has 1 aliphatic heterocycles. The lowest BCUT2D eigenvalue weighted by Crippen LogP contribution is -2.39. The summed E-state index contributed by atoms with van der Waals surface area (Å²) in [5.41, 5.74) is 2.00. The van der Waals surface area contributed by atoms with E-state index in [1.54, 1.807) is 29.2 Å². The molecule has 0 radical (unpaired) electrons. The van der Waals surface area contributed by atoms with Gasteiger partial charge in [-0.15, -0.1) is 0 Å². The number of benzene rings is 2. The summed E-state index contributed by atoms with van der Waals surface area (Å²) in [6.07, 6.45) is 0.797. The van der Waals surface area contributed by atoms with Gasteiger partial charge in [-0.3, -0.25) is 4.79 Å². The van der Waals surface area contributed by atoms with Crippen molar-refractivity contribution in [3.8, 4) is 5.75 Å². The fourth-order valence-electron chi connectivity index (χ4n) is 2.90. The van der Waals surface area contributed by atoms with Crippen LogP contribution < -0.4 is 9.64 Å². The van der Waals surface area contributed by atoms with Crippen LogP contribution >= 0.6 is 11.6 Å². The lowest BCUT2D eigenvalue weighted by atomic mass is 10.1. The van der Waals surface area contributed by atoms with Gasteiger partial charge in [0.2, 0.25) is 0 Å². The Kier molecular flexibility index (Phi) is 5.24. The van der Waals surface area contributed by atoms with E-state index in [1.165, 1.54) is 0 Å². The van der Waals surface area contributed by atoms with Crippen molar-refractivity contribution in [3.63, 3.8) is 0 Å². The van der Waals surface area contributed by atoms with Gasteiger partial charge < -0.3 is 14.4 Å². The summed E-state index contributed by atoms with van der Waals surface area (Å²) in [6, 6.07) is 14.6. The average Bonchev–Trinajstić information content (AvgIpc) is 2.94. The lowest BCUT2D eigenvalue weighted by molar-refractivity contribution is -0.149. The zero-order chi connectivity index (χ0) is 17.8. The molecule has 0 bridgehead atoms. The van der Waals surface area contributed by atoms with Crippen LogP contribution in [0.2, 0.25) is 5.02 Å². The molecule has 1 amide bonds. The molecular weight excluding hydrogens is 342 g/mol. The second-order valence-electron chi connectivity index (χ2n) is 5.83. The molecular formula is C19H18ClNO4. The van der Waals surface area contributed by atoms with Crippen molar-refractivity contribution in [1.82, 2.24) is 0 Å². The van der Waals surface area contributed by atoms with Crippen LogP contribution in [0.15, 0.2) is 48.5 Å². The highest BCUT2D eigenvalue weighted by molar-refractivity contribution is 6.32. The van der Waals surface area contributed by atoms with Gasteiger partial charge in [0.05, 0.1) is 5.02 Å². The van der Waals surface area contributed by atoms with Crippen LogP contribution in [-0.2, 0) is 20.7 Å². The average molecular weight is 360 g/mol. The highest BCUT2D eigenvalue weighted by Crippen LogP contribution is 2.31. The third-order valence-corrected chi connectivity index (χ3v) is 4.33. The van der Waals surface area contributed by atoms with E-state index in [-0.39, 0.29) is 25.2 Å². The number of carbonyl (C=O) groups excluding carboxylic acids is 2. The molecule has 0 saturated heterocycles. The second-order valence-corrected chi connectivity index (χ2v) is 6.23. The number of carbonyl (C=O) groups is 2. The SMILES string of the molecule is C[C@H]1Cc2ccccc2N1C(=O)COC(=O)COc1ccccc1Cl. The Labute approximate surface area is 151 Å². The molecule has 1 heterocycles. The first-order chi connectivity index (χ1) is 12.1. The molecule has 0 N–H and O–H groups in total. The number of ether oxygens (including phenoxy) is 2. The van der Waals surface area contributed by atoms with Crippen LogP contribution in [0.3, 0.4) is 0 Å². The summed E-state index contributed by atoms with van der Waals surface area (Å²) >= 11 is 5.95. The molecule has 0 aromatic heterocycles. The first-order valence-electron chi connectivity index (χ1n) is 7.99. The molecule has 0 aliphatic carbocycles. The molecule has 6 heteroatoms. The number of halogens is 1. The fraction of sp³-hybridized carbons (Fsp3) is 0.263. The molecule has 2 aromatic carbocycles. The van der Waals surface area contributed by atoms with Gasteiger partial charge in [-0.05, 0) is 37.1 Å². The standard InChI is InChI=1S/C19H18ClNO4/c1-13-10-14-6-2-4-8-16(14)21(13)18(22)11-25-19(23)12-24-17-9-5-3-7-15(17)20/h2-9,13H,10-12H2,1H3/t13-/m0/s1. The summed E-state index contributed by atoms with van der Waals surface area (Å²) in [7, 11) is 0. The summed E-state index contributed by atoms with van der Waals surface area (Å²) in [4.78, 5) is 25.9. The van der Waals surface area contributed by atoms with Crippen LogP contribution in [0, 0.1) is 0 Å². The smallest absolute Gasteiger partial charge is 0.344 e. The van der Waals surface area contributed by atoms with Crippen molar-refractivity contribution in [2.75, 3.05) is 18.1 Å². The molecule has 0 unspecified atom stereocenters. The summed E-state index contributed by atoms with van der Waals surface area (Å²) in [6.45, 7) is 1.35. The molecule has 25 heavy (non-hydrogen) atoms. The van der Waals surface area contributed by atoms with Crippen molar-refractivity contribution in [1.29, 1.82) is 0 Å². The number of hydrogen-bond acceptors (Lipinski definition) is 4. The largest absolute Gasteiger partial charge is 0.480 e. The van der Waals surface area contributed by atoms with Gasteiger partial charge in [-0.25, -0.2) is 4.79 Å². The molecule has 0 saturated carbocycles. The number of para-hydroxylation sites is 2. The topological polar surface area (TPSA) is 55.8 Å². The Morgan fingerprint density at radius 1 is 1.12 bits per heavy atom. The van der Waals surface area contributed by atoms with Gasteiger partial charge in [0, 0.05) is 11.7 Å². The van der Waals surface area contributed by atoms with Gasteiger partial charge >= 0.3 is 5.97 Å². The first kappa shape index (κ1) is 17.3. The third kappa shape index (κ3) is 3.94. The molecule has 130 valence electrons. The third-order valence-electron chi connectivity index (χ3n) is 4.01. The van der Waals surface area contributed by atoms with Crippen molar-refractivity contribution >= 4 is 29.2 Å². The summed E-state index contributed by atoms with van der Waals surface area (Å²) in [5.74, 6) is -0.466. The predicted molar refractivity (Wildman–Crippen MR) is 95.0 cm³/mol. The second kappa shape index (κ2) is 7.57. The molecule has 5 nitrogen and oxygen atoms in total. The molecule has 3 rings (SSSR count). The summed E-state index contributed by atoms with van der Waals surface area (Å²) < 4.78 is 10.3. The number of hydrogen-bond donors (Lipinski definition) is 0. The number of nitrogens with zero attached hydrogens (tertiary/aromatic N) is 1. The number of fused-ring (bicyclic) bond motifs is 1. The Hall–Kier alpha value is -2.53. The van der Waals surface area contributed by atoms with Crippen molar-refractivity contribution in [3.05, 3.63) is 59.1 Å². The van der Waals surface area contributed by atoms with E-state index in [0.717, 1.165) is 17.7 Å². The van der Waals surface area contributed by atoms with Crippen LogP contribution in [0.4, 0.5) is 5.69 Å². The van der Waals surface area contributed by atoms with Crippen LogP contribution in [0.1, 0.15) is 12.5 Å². The Balaban J connectivity index is 1.52. The quantitative estimate of drug-likeness (QED) is 0.769. The van der Waals surface area contributed by atoms with E-state index in [9.17, 15) is 9.59 Å². The number of rotatable bonds is 5. The monoisotopic (exact) mass is 359 g/mol. The van der Waals surface area contributed by atoms with E-state index in [2.05, 4.69) is 0 Å². The van der Waals surface area contributed by atoms with Crippen LogP contribution in [-0.4, -0.2) is 31.1 Å². The normalized spacial score (nSPS) is 15.6. The van der Waals surface area contributed by atoms with Gasteiger partial charge in [0.25, 0.3) is 5.91 Å². The maximum atomic E-state index is 12.4. The summed E-state index contributed by atoms with van der Waals surface area (Å²) in [5, 5.41) is 0.411. The highest BCUT2D eigenvalue weighted by atomic mass is 35.5. The van der Waals surface area contributed by atoms with Gasteiger partial charge in [-0.2, -0.15) is 0 Å². The maximum Gasteiger partial charge on any atom is 0.344 e. The van der Waals surface area contributed by atoms with Gasteiger partial charge in [0.15, 0.2) is 13.2 Å². The van der Waals surface area contributed by atoms with E-state index >= 15 is 0 Å². The molecule has 1 aliphatic rings. The minimum Gasteiger partial charge on any atom is -0.480 e. The van der Waals surface area contributed by atoms with Gasteiger partial charge in [0.1, 0.15) is 5.75 Å². The van der Waals surface area contributed by atoms with Crippen LogP contribution in [0.5, 0.6) is 5.75 Å². The van der Waals surface area contributed by atoms with Crippen molar-refractivity contribution in [2.45, 2.75) is 19.4 Å². The maximum absolute atomic E-state index is 12.4. The molecule has 0 spiro atoms.